The molecule has 2 N–H and O–H groups in total. The van der Waals surface area contributed by atoms with Crippen LogP contribution in [0.4, 0.5) is 5.82 Å². The first-order valence-electron chi connectivity index (χ1n) is 11.3. The van der Waals surface area contributed by atoms with Crippen molar-refractivity contribution in [1.82, 2.24) is 9.97 Å². The largest absolute Gasteiger partial charge is 0.441 e. The zero-order chi connectivity index (χ0) is 25.2. The van der Waals surface area contributed by atoms with Crippen molar-refractivity contribution in [1.29, 1.82) is 10.5 Å². The lowest BCUT2D eigenvalue weighted by molar-refractivity contribution is 0.540. The second kappa shape index (κ2) is 9.58. The Labute approximate surface area is 213 Å². The van der Waals surface area contributed by atoms with Crippen molar-refractivity contribution < 1.29 is 4.42 Å². The molecule has 7 heteroatoms. The first kappa shape index (κ1) is 23.2. The Kier molecular flexibility index (Phi) is 6.16. The smallest absolute Gasteiger partial charge is 0.226 e. The third kappa shape index (κ3) is 4.29. The number of nitrogens with zero attached hydrogens (tertiary/aromatic N) is 4. The van der Waals surface area contributed by atoms with Gasteiger partial charge in [0.25, 0.3) is 0 Å². The lowest BCUT2D eigenvalue weighted by atomic mass is 9.96. The molecule has 0 saturated heterocycles. The van der Waals surface area contributed by atoms with E-state index in [0.29, 0.717) is 33.6 Å². The summed E-state index contributed by atoms with van der Waals surface area (Å²) in [6, 6.07) is 26.3. The van der Waals surface area contributed by atoms with Crippen LogP contribution in [0.3, 0.4) is 0 Å². The van der Waals surface area contributed by atoms with Crippen molar-refractivity contribution in [3.05, 3.63) is 94.9 Å². The third-order valence-corrected chi connectivity index (χ3v) is 6.98. The van der Waals surface area contributed by atoms with Gasteiger partial charge in [0.2, 0.25) is 5.89 Å². The van der Waals surface area contributed by atoms with Gasteiger partial charge < -0.3 is 10.2 Å². The van der Waals surface area contributed by atoms with E-state index < -0.39 is 0 Å². The Bertz CT molecular complexity index is 1690. The molecule has 0 aliphatic heterocycles. The number of hydrogen-bond donors (Lipinski definition) is 1. The number of nitriles is 2. The van der Waals surface area contributed by atoms with Crippen molar-refractivity contribution in [3.8, 4) is 34.7 Å². The minimum absolute atomic E-state index is 0.100. The molecule has 0 fully saturated rings. The SMILES string of the molecule is Cc1ccc(-c2c(C#N)c(N)nc(SCc3nc(-c4ccc5ccccc5c4)oc3C)c2C#N)cc1. The van der Waals surface area contributed by atoms with Gasteiger partial charge in [-0.2, -0.15) is 10.5 Å². The summed E-state index contributed by atoms with van der Waals surface area (Å²) in [4.78, 5) is 9.12. The minimum atomic E-state index is 0.100. The fourth-order valence-electron chi connectivity index (χ4n) is 4.06. The molecule has 0 radical (unpaired) electrons. The summed E-state index contributed by atoms with van der Waals surface area (Å²) in [5, 5.41) is 22.5. The predicted molar refractivity (Wildman–Crippen MR) is 142 cm³/mol. The normalized spacial score (nSPS) is 10.8. The van der Waals surface area contributed by atoms with Crippen LogP contribution in [-0.2, 0) is 5.75 Å². The van der Waals surface area contributed by atoms with Gasteiger partial charge in [-0.05, 0) is 42.3 Å². The fraction of sp³-hybridized carbons (Fsp3) is 0.103. The molecule has 0 unspecified atom stereocenters. The number of hydrogen-bond acceptors (Lipinski definition) is 7. The van der Waals surface area contributed by atoms with Crippen molar-refractivity contribution >= 4 is 28.4 Å². The number of nitrogen functional groups attached to an aromatic ring is 1. The highest BCUT2D eigenvalue weighted by molar-refractivity contribution is 7.98. The molecule has 2 heterocycles. The third-order valence-electron chi connectivity index (χ3n) is 5.99. The summed E-state index contributed by atoms with van der Waals surface area (Å²) in [6.45, 7) is 3.85. The van der Waals surface area contributed by atoms with Crippen molar-refractivity contribution in [2.45, 2.75) is 24.6 Å². The van der Waals surface area contributed by atoms with Gasteiger partial charge >= 0.3 is 0 Å². The Balaban J connectivity index is 1.48. The number of aryl methyl sites for hydroxylation is 2. The number of aromatic nitrogens is 2. The zero-order valence-corrected chi connectivity index (χ0v) is 20.6. The molecule has 0 aliphatic rings. The minimum Gasteiger partial charge on any atom is -0.441 e. The van der Waals surface area contributed by atoms with E-state index in [-0.39, 0.29) is 11.4 Å². The van der Waals surface area contributed by atoms with Gasteiger partial charge in [0.05, 0.1) is 11.3 Å². The summed E-state index contributed by atoms with van der Waals surface area (Å²) < 4.78 is 5.98. The molecular formula is C29H21N5OS. The van der Waals surface area contributed by atoms with Crippen LogP contribution in [0.5, 0.6) is 0 Å². The average Bonchev–Trinajstić information content (AvgIpc) is 3.27. The standard InChI is InChI=1S/C29H21N5OS/c1-17-7-9-20(10-8-17)26-23(14-30)27(32)34-29(24(26)15-31)36-16-25-18(2)35-28(33-25)22-12-11-19-5-3-4-6-21(19)13-22/h3-13H,16H2,1-2H3,(H2,32,34). The molecular weight excluding hydrogens is 466 g/mol. The van der Waals surface area contributed by atoms with Gasteiger partial charge in [0.15, 0.2) is 0 Å². The van der Waals surface area contributed by atoms with Gasteiger partial charge in [-0.15, -0.1) is 0 Å². The quantitative estimate of drug-likeness (QED) is 0.271. The first-order valence-corrected chi connectivity index (χ1v) is 12.3. The zero-order valence-electron chi connectivity index (χ0n) is 19.7. The first-order chi connectivity index (χ1) is 17.5. The number of fused-ring (bicyclic) bond motifs is 1. The highest BCUT2D eigenvalue weighted by Gasteiger charge is 2.21. The van der Waals surface area contributed by atoms with Crippen LogP contribution >= 0.6 is 11.8 Å². The number of anilines is 1. The molecule has 0 atom stereocenters. The lowest BCUT2D eigenvalue weighted by Crippen LogP contribution is -2.03. The van der Waals surface area contributed by atoms with E-state index >= 15 is 0 Å². The van der Waals surface area contributed by atoms with Crippen molar-refractivity contribution in [2.75, 3.05) is 5.73 Å². The van der Waals surface area contributed by atoms with E-state index in [9.17, 15) is 10.5 Å². The summed E-state index contributed by atoms with van der Waals surface area (Å²) in [6.07, 6.45) is 0. The fourth-order valence-corrected chi connectivity index (χ4v) is 5.05. The average molecular weight is 488 g/mol. The van der Waals surface area contributed by atoms with Gasteiger partial charge in [-0.1, -0.05) is 71.9 Å². The van der Waals surface area contributed by atoms with Crippen molar-refractivity contribution in [2.24, 2.45) is 0 Å². The molecule has 0 bridgehead atoms. The summed E-state index contributed by atoms with van der Waals surface area (Å²) >= 11 is 1.35. The Morgan fingerprint density at radius 2 is 1.56 bits per heavy atom. The van der Waals surface area contributed by atoms with Crippen LogP contribution in [0.15, 0.2) is 76.2 Å². The topological polar surface area (TPSA) is 113 Å². The van der Waals surface area contributed by atoms with E-state index in [1.807, 2.05) is 62.4 Å². The van der Waals surface area contributed by atoms with Gasteiger partial charge in [0, 0.05) is 16.9 Å². The van der Waals surface area contributed by atoms with Gasteiger partial charge in [-0.3, -0.25) is 0 Å². The monoisotopic (exact) mass is 487 g/mol. The summed E-state index contributed by atoms with van der Waals surface area (Å²) in [5.41, 5.74) is 10.7. The molecule has 174 valence electrons. The molecule has 0 spiro atoms. The molecule has 5 rings (SSSR count). The Morgan fingerprint density at radius 3 is 2.28 bits per heavy atom. The molecule has 36 heavy (non-hydrogen) atoms. The van der Waals surface area contributed by atoms with Crippen LogP contribution in [0.2, 0.25) is 0 Å². The van der Waals surface area contributed by atoms with E-state index in [2.05, 4.69) is 35.3 Å². The molecule has 5 aromatic rings. The maximum absolute atomic E-state index is 10.0. The second-order valence-corrected chi connectivity index (χ2v) is 9.35. The van der Waals surface area contributed by atoms with Gasteiger partial charge in [0.1, 0.15) is 34.3 Å². The number of nitrogens with two attached hydrogens (primary N) is 1. The Hall–Kier alpha value is -4.59. The van der Waals surface area contributed by atoms with Crippen LogP contribution in [0, 0.1) is 36.5 Å². The number of rotatable bonds is 5. The number of thioether (sulfide) groups is 1. The van der Waals surface area contributed by atoms with E-state index in [4.69, 9.17) is 15.1 Å². The van der Waals surface area contributed by atoms with E-state index in [1.165, 1.54) is 11.8 Å². The maximum Gasteiger partial charge on any atom is 0.226 e. The number of pyridine rings is 1. The van der Waals surface area contributed by atoms with Crippen LogP contribution in [0.1, 0.15) is 28.1 Å². The molecule has 0 amide bonds. The van der Waals surface area contributed by atoms with Crippen molar-refractivity contribution in [3.63, 3.8) is 0 Å². The molecule has 6 nitrogen and oxygen atoms in total. The number of benzene rings is 3. The molecule has 0 aliphatic carbocycles. The van der Waals surface area contributed by atoms with Crippen LogP contribution < -0.4 is 5.73 Å². The van der Waals surface area contributed by atoms with Crippen LogP contribution in [-0.4, -0.2) is 9.97 Å². The predicted octanol–water partition coefficient (Wildman–Crippen LogP) is 6.79. The summed E-state index contributed by atoms with van der Waals surface area (Å²) in [5.74, 6) is 1.78. The van der Waals surface area contributed by atoms with E-state index in [0.717, 1.165) is 33.2 Å². The van der Waals surface area contributed by atoms with Gasteiger partial charge in [-0.25, -0.2) is 9.97 Å². The van der Waals surface area contributed by atoms with Crippen LogP contribution in [0.25, 0.3) is 33.4 Å². The number of oxazole rings is 1. The molecule has 0 saturated carbocycles. The highest BCUT2D eigenvalue weighted by Crippen LogP contribution is 2.37. The second-order valence-electron chi connectivity index (χ2n) is 8.39. The Morgan fingerprint density at radius 1 is 0.861 bits per heavy atom. The van der Waals surface area contributed by atoms with E-state index in [1.54, 1.807) is 0 Å². The molecule has 2 aromatic heterocycles. The maximum atomic E-state index is 10.0. The lowest BCUT2D eigenvalue weighted by Gasteiger charge is -2.13. The summed E-state index contributed by atoms with van der Waals surface area (Å²) in [7, 11) is 0. The highest BCUT2D eigenvalue weighted by atomic mass is 32.2. The molecule has 3 aromatic carbocycles.